The molecule has 3 N–H and O–H groups in total. The van der Waals surface area contributed by atoms with Gasteiger partial charge in [0.25, 0.3) is 0 Å². The molecular formula is C26H35B2Cl3N2O8. The van der Waals surface area contributed by atoms with Gasteiger partial charge in [0.2, 0.25) is 0 Å². The topological polar surface area (TPSA) is 120 Å². The van der Waals surface area contributed by atoms with Crippen molar-refractivity contribution in [1.82, 2.24) is 5.32 Å². The summed E-state index contributed by atoms with van der Waals surface area (Å²) in [5.41, 5.74) is 8.54. The summed E-state index contributed by atoms with van der Waals surface area (Å²) in [6, 6.07) is 7.25. The molecule has 2 atom stereocenters. The van der Waals surface area contributed by atoms with Gasteiger partial charge in [0.05, 0.1) is 25.4 Å². The van der Waals surface area contributed by atoms with Crippen molar-refractivity contribution in [3.05, 3.63) is 45.4 Å². The first kappa shape index (κ1) is 33.6. The Balaban J connectivity index is 0.000000227. The Kier molecular flexibility index (Phi) is 11.5. The fraction of sp³-hybridized carbons (Fsp3) is 0.500. The van der Waals surface area contributed by atoms with Crippen molar-refractivity contribution in [1.29, 1.82) is 0 Å². The van der Waals surface area contributed by atoms with Gasteiger partial charge >= 0.3 is 20.3 Å². The molecule has 0 spiro atoms. The van der Waals surface area contributed by atoms with E-state index in [0.717, 1.165) is 27.8 Å². The summed E-state index contributed by atoms with van der Waals surface area (Å²) in [7, 11) is -0.911. The molecule has 4 aliphatic heterocycles. The highest BCUT2D eigenvalue weighted by Crippen LogP contribution is 2.36. The molecule has 0 saturated heterocycles. The summed E-state index contributed by atoms with van der Waals surface area (Å²) >= 11 is 12.5. The molecule has 41 heavy (non-hydrogen) atoms. The molecule has 2 aromatic rings. The summed E-state index contributed by atoms with van der Waals surface area (Å²) < 4.78 is 39.3. The minimum atomic E-state index is -0.552. The number of halogens is 3. The van der Waals surface area contributed by atoms with Crippen LogP contribution < -0.4 is 31.4 Å². The Hall–Kier alpha value is -1.89. The molecule has 2 aromatic carbocycles. The molecular weight excluding hydrogens is 596 g/mol. The van der Waals surface area contributed by atoms with Crippen LogP contribution in [0.3, 0.4) is 0 Å². The Morgan fingerprint density at radius 2 is 1.41 bits per heavy atom. The molecule has 2 unspecified atom stereocenters. The van der Waals surface area contributed by atoms with Crippen LogP contribution in [0.15, 0.2) is 24.3 Å². The Morgan fingerprint density at radius 3 is 1.90 bits per heavy atom. The van der Waals surface area contributed by atoms with Crippen molar-refractivity contribution in [3.63, 3.8) is 0 Å². The van der Waals surface area contributed by atoms with E-state index in [0.29, 0.717) is 48.8 Å². The van der Waals surface area contributed by atoms with Gasteiger partial charge in [-0.3, -0.25) is 0 Å². The predicted molar refractivity (Wildman–Crippen MR) is 161 cm³/mol. The van der Waals surface area contributed by atoms with Crippen LogP contribution in [-0.4, -0.2) is 65.4 Å². The second-order valence-corrected chi connectivity index (χ2v) is 11.0. The first-order valence-corrected chi connectivity index (χ1v) is 13.5. The van der Waals surface area contributed by atoms with E-state index in [1.165, 1.54) is 0 Å². The van der Waals surface area contributed by atoms with Crippen LogP contribution in [0.5, 0.6) is 11.5 Å². The van der Waals surface area contributed by atoms with Gasteiger partial charge in [0, 0.05) is 45.2 Å². The van der Waals surface area contributed by atoms with E-state index in [1.54, 1.807) is 6.07 Å². The van der Waals surface area contributed by atoms with Crippen molar-refractivity contribution in [2.45, 2.75) is 46.0 Å². The van der Waals surface area contributed by atoms with Gasteiger partial charge in [-0.15, -0.1) is 12.4 Å². The van der Waals surface area contributed by atoms with Gasteiger partial charge < -0.3 is 43.9 Å². The zero-order valence-corrected chi connectivity index (χ0v) is 24.7. The minimum Gasteiger partial charge on any atom is -0.492 e. The highest BCUT2D eigenvalue weighted by molar-refractivity contribution is 6.65. The summed E-state index contributed by atoms with van der Waals surface area (Å²) in [5, 5.41) is 3.93. The third kappa shape index (κ3) is 7.37. The molecule has 0 fully saturated rings. The Bertz CT molecular complexity index is 1240. The quantitative estimate of drug-likeness (QED) is 0.490. The molecule has 0 radical (unpaired) electrons. The number of hydrogen-bond acceptors (Lipinski definition) is 9. The molecule has 0 saturated carbocycles. The van der Waals surface area contributed by atoms with E-state index in [9.17, 15) is 4.79 Å². The van der Waals surface area contributed by atoms with E-state index < -0.39 is 24.9 Å². The number of nitrogens with one attached hydrogen (secondary N) is 1. The molecule has 4 heterocycles. The molecule has 15 heteroatoms. The largest absolute Gasteiger partial charge is 0.498 e. The summed E-state index contributed by atoms with van der Waals surface area (Å²) in [6.07, 6.45) is -1.10. The van der Waals surface area contributed by atoms with Crippen LogP contribution >= 0.6 is 35.6 Å². The van der Waals surface area contributed by atoms with Crippen LogP contribution in [0.25, 0.3) is 0 Å². The molecule has 1 amide bonds. The number of benzene rings is 2. The molecule has 10 nitrogen and oxygen atoms in total. The third-order valence-corrected chi connectivity index (χ3v) is 7.00. The monoisotopic (exact) mass is 630 g/mol. The predicted octanol–water partition coefficient (Wildman–Crippen LogP) is 3.57. The van der Waals surface area contributed by atoms with Crippen molar-refractivity contribution in [3.8, 4) is 11.5 Å². The molecule has 6 rings (SSSR count). The normalized spacial score (nSPS) is 19.9. The molecule has 0 aliphatic carbocycles. The van der Waals surface area contributed by atoms with Crippen LogP contribution in [0.4, 0.5) is 4.79 Å². The lowest BCUT2D eigenvalue weighted by atomic mass is 9.78. The fourth-order valence-electron chi connectivity index (χ4n) is 4.82. The van der Waals surface area contributed by atoms with Gasteiger partial charge in [-0.1, -0.05) is 30.6 Å². The maximum atomic E-state index is 11.8. The van der Waals surface area contributed by atoms with Crippen LogP contribution in [0.1, 0.15) is 51.5 Å². The zero-order valence-electron chi connectivity index (χ0n) is 22.4. The fourth-order valence-corrected chi connectivity index (χ4v) is 5.39. The van der Waals surface area contributed by atoms with Gasteiger partial charge in [0.15, 0.2) is 0 Å². The van der Waals surface area contributed by atoms with E-state index in [-0.39, 0.29) is 39.6 Å². The average Bonchev–Trinajstić information content (AvgIpc) is 3.29. The highest BCUT2D eigenvalue weighted by Gasteiger charge is 2.44. The van der Waals surface area contributed by atoms with Gasteiger partial charge in [-0.25, -0.2) is 4.79 Å². The lowest BCUT2D eigenvalue weighted by molar-refractivity contribution is 0.0494. The summed E-state index contributed by atoms with van der Waals surface area (Å²) in [4.78, 5) is 11.8. The van der Waals surface area contributed by atoms with E-state index in [2.05, 4.69) is 5.32 Å². The van der Waals surface area contributed by atoms with Crippen molar-refractivity contribution in [2.24, 2.45) is 5.73 Å². The summed E-state index contributed by atoms with van der Waals surface area (Å²) in [5.74, 6) is 1.50. The van der Waals surface area contributed by atoms with Crippen LogP contribution in [0, 0.1) is 0 Å². The molecule has 0 bridgehead atoms. The Morgan fingerprint density at radius 1 is 0.927 bits per heavy atom. The maximum Gasteiger partial charge on any atom is 0.498 e. The first-order chi connectivity index (χ1) is 18.7. The van der Waals surface area contributed by atoms with E-state index in [4.69, 9.17) is 61.8 Å². The number of rotatable bonds is 3. The van der Waals surface area contributed by atoms with Gasteiger partial charge in [-0.2, -0.15) is 0 Å². The second-order valence-electron chi connectivity index (χ2n) is 10.2. The van der Waals surface area contributed by atoms with Crippen LogP contribution in [0.2, 0.25) is 10.0 Å². The standard InChI is InChI=1S/C15H19BClNO5.C10H11BClNO3.CH4.ClH/c1-15(2,3)22-14(19)18-8-11-12-9(17)4-5-10-13(12)16(23-11)21-7-6-20-10;12-6-1-2-7-10-9(6)8(5-13)16-11(10)15-4-3-14-7;;/h4-5,11H,6-8H2,1-3H3,(H,18,19);1-2,8H,3-5,13H2;1H4;1H. The number of alkyl carbamates (subject to hydrolysis) is 1. The van der Waals surface area contributed by atoms with Crippen molar-refractivity contribution < 1.29 is 37.6 Å². The SMILES string of the molecule is C.CC(C)(C)OC(=O)NCC1OB2OCCOc3ccc(Cl)c1c32.Cl.NCC1OB2OCCOc3ccc(Cl)c1c32. The first-order valence-electron chi connectivity index (χ1n) is 12.8. The molecule has 4 aliphatic rings. The number of ether oxygens (including phenoxy) is 3. The highest BCUT2D eigenvalue weighted by atomic mass is 35.5. The summed E-state index contributed by atoms with van der Waals surface area (Å²) in [6.45, 7) is 7.99. The van der Waals surface area contributed by atoms with Crippen molar-refractivity contribution >= 4 is 66.9 Å². The second kappa shape index (κ2) is 14.1. The number of amides is 1. The van der Waals surface area contributed by atoms with Gasteiger partial charge in [0.1, 0.15) is 30.3 Å². The van der Waals surface area contributed by atoms with E-state index >= 15 is 0 Å². The van der Waals surface area contributed by atoms with Crippen LogP contribution in [-0.2, 0) is 23.4 Å². The number of hydrogen-bond donors (Lipinski definition) is 2. The van der Waals surface area contributed by atoms with Crippen molar-refractivity contribution in [2.75, 3.05) is 39.5 Å². The number of carbonyl (C=O) groups excluding carboxylic acids is 1. The molecule has 224 valence electrons. The zero-order chi connectivity index (χ0) is 27.7. The maximum absolute atomic E-state index is 11.8. The lowest BCUT2D eigenvalue weighted by Crippen LogP contribution is -2.35. The lowest BCUT2D eigenvalue weighted by Gasteiger charge is -2.21. The third-order valence-electron chi connectivity index (χ3n) is 6.34. The van der Waals surface area contributed by atoms with E-state index in [1.807, 2.05) is 39.0 Å². The average molecular weight is 632 g/mol. The number of carbonyl (C=O) groups is 1. The number of nitrogens with two attached hydrogens (primary N) is 1. The Labute approximate surface area is 257 Å². The molecule has 0 aromatic heterocycles. The minimum absolute atomic E-state index is 0. The smallest absolute Gasteiger partial charge is 0.492 e. The van der Waals surface area contributed by atoms with Gasteiger partial charge in [-0.05, 0) is 45.0 Å².